The number of ether oxygens (including phenoxy) is 3. The number of hydrogen-bond acceptors (Lipinski definition) is 4. The quantitative estimate of drug-likeness (QED) is 0.534. The lowest BCUT2D eigenvalue weighted by molar-refractivity contribution is -0.0817. The molecule has 162 valence electrons. The third-order valence-corrected chi connectivity index (χ3v) is 5.28. The Balaban J connectivity index is 1.52. The Morgan fingerprint density at radius 2 is 2.00 bits per heavy atom. The molecule has 0 aromatic heterocycles. The average Bonchev–Trinajstić information content (AvgIpc) is 3.27. The van der Waals surface area contributed by atoms with Gasteiger partial charge in [-0.15, -0.1) is 0 Å². The zero-order valence-electron chi connectivity index (χ0n) is 18.2. The lowest BCUT2D eigenvalue weighted by Gasteiger charge is -2.37. The summed E-state index contributed by atoms with van der Waals surface area (Å²) >= 11 is 0. The van der Waals surface area contributed by atoms with E-state index in [2.05, 4.69) is 55.3 Å². The molecule has 2 aliphatic heterocycles. The maximum absolute atomic E-state index is 5.98. The minimum Gasteiger partial charge on any atom is -0.493 e. The van der Waals surface area contributed by atoms with Crippen molar-refractivity contribution in [2.24, 2.45) is 10.9 Å². The molecule has 2 heterocycles. The normalized spacial score (nSPS) is 22.9. The van der Waals surface area contributed by atoms with E-state index < -0.39 is 0 Å². The molecule has 3 rings (SSSR count). The molecule has 2 saturated heterocycles. The van der Waals surface area contributed by atoms with E-state index in [1.54, 1.807) is 0 Å². The van der Waals surface area contributed by atoms with Crippen molar-refractivity contribution in [1.29, 1.82) is 0 Å². The van der Waals surface area contributed by atoms with Gasteiger partial charge in [-0.2, -0.15) is 0 Å². The van der Waals surface area contributed by atoms with Gasteiger partial charge in [0.25, 0.3) is 0 Å². The molecule has 6 heteroatoms. The number of hydrogen-bond donors (Lipinski definition) is 1. The summed E-state index contributed by atoms with van der Waals surface area (Å²) in [6, 6.07) is 8.39. The first-order valence-electron chi connectivity index (χ1n) is 11.1. The van der Waals surface area contributed by atoms with Gasteiger partial charge in [-0.25, -0.2) is 0 Å². The number of guanidine groups is 1. The summed E-state index contributed by atoms with van der Waals surface area (Å²) in [4.78, 5) is 7.20. The van der Waals surface area contributed by atoms with Crippen LogP contribution in [-0.2, 0) is 15.9 Å². The Labute approximate surface area is 175 Å². The second-order valence-electron chi connectivity index (χ2n) is 8.24. The first kappa shape index (κ1) is 21.9. The van der Waals surface area contributed by atoms with Crippen molar-refractivity contribution < 1.29 is 14.2 Å². The Bertz CT molecular complexity index is 627. The average molecular weight is 404 g/mol. The minimum absolute atomic E-state index is 0.147. The van der Waals surface area contributed by atoms with Crippen molar-refractivity contribution in [1.82, 2.24) is 10.2 Å². The van der Waals surface area contributed by atoms with Gasteiger partial charge < -0.3 is 24.4 Å². The van der Waals surface area contributed by atoms with E-state index in [1.807, 2.05) is 0 Å². The fourth-order valence-corrected chi connectivity index (χ4v) is 3.72. The fourth-order valence-electron chi connectivity index (χ4n) is 3.72. The number of nitrogens with one attached hydrogen (secondary N) is 1. The van der Waals surface area contributed by atoms with E-state index in [1.165, 1.54) is 5.56 Å². The molecular formula is C23H37N3O3. The van der Waals surface area contributed by atoms with Crippen LogP contribution in [0, 0.1) is 5.92 Å². The minimum atomic E-state index is 0.147. The number of aliphatic imine (C=N–C) groups is 1. The van der Waals surface area contributed by atoms with Crippen molar-refractivity contribution >= 4 is 5.96 Å². The second-order valence-corrected chi connectivity index (χ2v) is 8.24. The predicted molar refractivity (Wildman–Crippen MR) is 117 cm³/mol. The van der Waals surface area contributed by atoms with E-state index >= 15 is 0 Å². The molecule has 0 saturated carbocycles. The van der Waals surface area contributed by atoms with Gasteiger partial charge in [0.05, 0.1) is 19.3 Å². The second kappa shape index (κ2) is 11.4. The molecule has 2 unspecified atom stereocenters. The maximum Gasteiger partial charge on any atom is 0.194 e. The van der Waals surface area contributed by atoms with Gasteiger partial charge >= 0.3 is 0 Å². The van der Waals surface area contributed by atoms with Crippen LogP contribution >= 0.6 is 0 Å². The lowest BCUT2D eigenvalue weighted by Crippen LogP contribution is -2.53. The van der Waals surface area contributed by atoms with Gasteiger partial charge in [0.2, 0.25) is 0 Å². The van der Waals surface area contributed by atoms with Crippen molar-refractivity contribution in [3.63, 3.8) is 0 Å². The van der Waals surface area contributed by atoms with Crippen molar-refractivity contribution in [3.05, 3.63) is 29.8 Å². The highest BCUT2D eigenvalue weighted by molar-refractivity contribution is 5.80. The maximum atomic E-state index is 5.98. The van der Waals surface area contributed by atoms with Crippen molar-refractivity contribution in [2.45, 2.75) is 52.2 Å². The van der Waals surface area contributed by atoms with Crippen LogP contribution in [0.25, 0.3) is 0 Å². The van der Waals surface area contributed by atoms with Crippen LogP contribution in [0.3, 0.4) is 0 Å². The molecule has 1 N–H and O–H groups in total. The predicted octanol–water partition coefficient (Wildman–Crippen LogP) is 3.11. The zero-order chi connectivity index (χ0) is 20.5. The van der Waals surface area contributed by atoms with E-state index in [9.17, 15) is 0 Å². The van der Waals surface area contributed by atoms with Crippen LogP contribution in [0.15, 0.2) is 29.3 Å². The SMILES string of the molecule is CCNC(=NCCc1ccc(OCC(C)C)cc1)N1CCOC(C2CCCO2)C1. The van der Waals surface area contributed by atoms with Crippen LogP contribution in [0.2, 0.25) is 0 Å². The monoisotopic (exact) mass is 403 g/mol. The van der Waals surface area contributed by atoms with Gasteiger partial charge in [0.15, 0.2) is 5.96 Å². The van der Waals surface area contributed by atoms with E-state index in [4.69, 9.17) is 19.2 Å². The van der Waals surface area contributed by atoms with Crippen molar-refractivity contribution in [2.75, 3.05) is 46.0 Å². The molecule has 2 atom stereocenters. The summed E-state index contributed by atoms with van der Waals surface area (Å²) in [7, 11) is 0. The Morgan fingerprint density at radius 3 is 2.69 bits per heavy atom. The largest absolute Gasteiger partial charge is 0.493 e. The molecule has 2 aliphatic rings. The highest BCUT2D eigenvalue weighted by atomic mass is 16.5. The summed E-state index contributed by atoms with van der Waals surface area (Å²) < 4.78 is 17.6. The lowest BCUT2D eigenvalue weighted by atomic mass is 10.1. The van der Waals surface area contributed by atoms with E-state index in [0.717, 1.165) is 77.0 Å². The topological polar surface area (TPSA) is 55.3 Å². The number of rotatable bonds is 8. The summed E-state index contributed by atoms with van der Waals surface area (Å²) in [6.45, 7) is 12.1. The third-order valence-electron chi connectivity index (χ3n) is 5.28. The third kappa shape index (κ3) is 6.89. The first-order chi connectivity index (χ1) is 14.2. The molecule has 1 aromatic rings. The van der Waals surface area contributed by atoms with Gasteiger partial charge in [0.1, 0.15) is 11.9 Å². The summed E-state index contributed by atoms with van der Waals surface area (Å²) in [5, 5.41) is 3.45. The molecule has 2 fully saturated rings. The molecule has 0 radical (unpaired) electrons. The molecular weight excluding hydrogens is 366 g/mol. The van der Waals surface area contributed by atoms with Gasteiger partial charge in [-0.05, 0) is 49.8 Å². The van der Waals surface area contributed by atoms with Crippen LogP contribution in [-0.4, -0.2) is 69.1 Å². The Kier molecular flexibility index (Phi) is 8.62. The highest BCUT2D eigenvalue weighted by Crippen LogP contribution is 2.21. The number of morpholine rings is 1. The molecule has 29 heavy (non-hydrogen) atoms. The standard InChI is InChI=1S/C23H37N3O3/c1-4-24-23(26-13-15-28-22(16-26)21-6-5-14-27-21)25-12-11-19-7-9-20(10-8-19)29-17-18(2)3/h7-10,18,21-22H,4-6,11-17H2,1-3H3,(H,24,25). The van der Waals surface area contributed by atoms with Crippen molar-refractivity contribution in [3.8, 4) is 5.75 Å². The van der Waals surface area contributed by atoms with Crippen LogP contribution in [0.4, 0.5) is 0 Å². The summed E-state index contributed by atoms with van der Waals surface area (Å²) in [5.41, 5.74) is 1.28. The summed E-state index contributed by atoms with van der Waals surface area (Å²) in [5.74, 6) is 2.46. The molecule has 0 bridgehead atoms. The summed E-state index contributed by atoms with van der Waals surface area (Å²) in [6.07, 6.45) is 3.53. The smallest absolute Gasteiger partial charge is 0.194 e. The zero-order valence-corrected chi connectivity index (χ0v) is 18.2. The first-order valence-corrected chi connectivity index (χ1v) is 11.1. The highest BCUT2D eigenvalue weighted by Gasteiger charge is 2.32. The molecule has 0 amide bonds. The Morgan fingerprint density at radius 1 is 1.21 bits per heavy atom. The fraction of sp³-hybridized carbons (Fsp3) is 0.696. The van der Waals surface area contributed by atoms with Gasteiger partial charge in [0, 0.05) is 32.8 Å². The number of benzene rings is 1. The molecule has 0 spiro atoms. The van der Waals surface area contributed by atoms with Gasteiger partial charge in [-0.3, -0.25) is 4.99 Å². The number of nitrogens with zero attached hydrogens (tertiary/aromatic N) is 2. The van der Waals surface area contributed by atoms with E-state index in [-0.39, 0.29) is 12.2 Å². The molecule has 1 aromatic carbocycles. The van der Waals surface area contributed by atoms with Crippen LogP contribution in [0.5, 0.6) is 5.75 Å². The van der Waals surface area contributed by atoms with Crippen LogP contribution in [0.1, 0.15) is 39.2 Å². The van der Waals surface area contributed by atoms with E-state index in [0.29, 0.717) is 5.92 Å². The Hall–Kier alpha value is -1.79. The van der Waals surface area contributed by atoms with Gasteiger partial charge in [-0.1, -0.05) is 26.0 Å². The molecule has 0 aliphatic carbocycles. The van der Waals surface area contributed by atoms with Crippen LogP contribution < -0.4 is 10.1 Å². The molecule has 6 nitrogen and oxygen atoms in total.